The van der Waals surface area contributed by atoms with Gasteiger partial charge in [0.05, 0.1) is 18.1 Å². The van der Waals surface area contributed by atoms with Gasteiger partial charge >= 0.3 is 5.97 Å². The molecular weight excluding hydrogens is 561 g/mol. The van der Waals surface area contributed by atoms with Crippen molar-refractivity contribution in [2.24, 2.45) is 17.3 Å². The third-order valence-electron chi connectivity index (χ3n) is 10.9. The molecule has 1 aromatic heterocycles. The van der Waals surface area contributed by atoms with Crippen molar-refractivity contribution in [1.82, 2.24) is 10.1 Å². The van der Waals surface area contributed by atoms with Gasteiger partial charge in [0, 0.05) is 23.6 Å². The Balaban J connectivity index is 1.22. The lowest BCUT2D eigenvalue weighted by Crippen LogP contribution is -2.54. The van der Waals surface area contributed by atoms with E-state index in [1.807, 2.05) is 24.0 Å². The Labute approximate surface area is 259 Å². The van der Waals surface area contributed by atoms with Crippen LogP contribution in [0, 0.1) is 17.3 Å². The molecule has 2 aromatic rings. The number of halogens is 1. The molecule has 238 valence electrons. The van der Waals surface area contributed by atoms with E-state index < -0.39 is 11.3 Å². The normalized spacial score (nSPS) is 31.6. The molecule has 4 saturated carbocycles. The minimum absolute atomic E-state index is 0.0252. The van der Waals surface area contributed by atoms with Crippen LogP contribution in [-0.4, -0.2) is 45.9 Å². The van der Waals surface area contributed by atoms with Gasteiger partial charge in [-0.2, -0.15) is 4.98 Å². The number of fused-ring (bicyclic) bond motifs is 3. The first-order chi connectivity index (χ1) is 20.8. The lowest BCUT2D eigenvalue weighted by Gasteiger charge is -2.54. The van der Waals surface area contributed by atoms with E-state index in [4.69, 9.17) is 9.26 Å². The monoisotopic (exact) mass is 607 g/mol. The fourth-order valence-electron chi connectivity index (χ4n) is 7.99. The molecule has 0 spiro atoms. The summed E-state index contributed by atoms with van der Waals surface area (Å²) < 4.78 is 25.0. The highest BCUT2D eigenvalue weighted by atomic mass is 19.1. The van der Waals surface area contributed by atoms with Crippen molar-refractivity contribution < 1.29 is 28.3 Å². The predicted octanol–water partition coefficient (Wildman–Crippen LogP) is 6.81. The van der Waals surface area contributed by atoms with Crippen molar-refractivity contribution in [3.63, 3.8) is 0 Å². The Bertz CT molecular complexity index is 1410. The number of anilines is 1. The van der Waals surface area contributed by atoms with Gasteiger partial charge in [-0.1, -0.05) is 23.4 Å². The molecule has 1 aromatic carbocycles. The number of nitrogens with zero attached hydrogens (tertiary/aromatic N) is 3. The number of esters is 1. The number of amides is 1. The Morgan fingerprint density at radius 2 is 1.84 bits per heavy atom. The van der Waals surface area contributed by atoms with Crippen LogP contribution in [0.5, 0.6) is 0 Å². The zero-order valence-electron chi connectivity index (χ0n) is 26.5. The van der Waals surface area contributed by atoms with E-state index in [2.05, 4.69) is 28.3 Å². The number of hydrogen-bond donors (Lipinski definition) is 1. The van der Waals surface area contributed by atoms with Gasteiger partial charge in [0.15, 0.2) is 11.5 Å². The maximum atomic E-state index is 14.5. The Morgan fingerprint density at radius 1 is 1.14 bits per heavy atom. The second-order valence-electron chi connectivity index (χ2n) is 14.7. The summed E-state index contributed by atoms with van der Waals surface area (Å²) in [5, 5.41) is 14.7. The minimum atomic E-state index is -1.67. The number of ether oxygens (including phenoxy) is 1. The maximum Gasteiger partial charge on any atom is 0.309 e. The van der Waals surface area contributed by atoms with Crippen molar-refractivity contribution in [1.29, 1.82) is 0 Å². The van der Waals surface area contributed by atoms with E-state index in [9.17, 15) is 19.1 Å². The number of aromatic nitrogens is 2. The third-order valence-corrected chi connectivity index (χ3v) is 10.9. The number of hydrogen-bond acceptors (Lipinski definition) is 7. The van der Waals surface area contributed by atoms with Crippen molar-refractivity contribution in [2.75, 3.05) is 18.1 Å². The molecule has 1 heterocycles. The van der Waals surface area contributed by atoms with Crippen LogP contribution in [0.2, 0.25) is 0 Å². The molecule has 44 heavy (non-hydrogen) atoms. The molecule has 4 fully saturated rings. The number of carbonyl (C=O) groups is 2. The first-order valence-corrected chi connectivity index (χ1v) is 16.4. The van der Waals surface area contributed by atoms with Crippen LogP contribution < -0.4 is 4.90 Å². The first kappa shape index (κ1) is 30.9. The van der Waals surface area contributed by atoms with Crippen molar-refractivity contribution >= 4 is 23.1 Å². The summed E-state index contributed by atoms with van der Waals surface area (Å²) in [5.74, 6) is 0.309. The van der Waals surface area contributed by atoms with Gasteiger partial charge in [0.2, 0.25) is 5.91 Å². The van der Waals surface area contributed by atoms with Gasteiger partial charge in [0.1, 0.15) is 0 Å². The van der Waals surface area contributed by atoms with Crippen LogP contribution in [0.25, 0.3) is 5.57 Å². The Morgan fingerprint density at radius 3 is 2.41 bits per heavy atom. The zero-order chi connectivity index (χ0) is 31.3. The number of aliphatic hydroxyl groups is 1. The van der Waals surface area contributed by atoms with Gasteiger partial charge in [-0.25, -0.2) is 4.39 Å². The summed E-state index contributed by atoms with van der Waals surface area (Å²) in [6, 6.07) is 8.25. The molecule has 5 aliphatic carbocycles. The van der Waals surface area contributed by atoms with E-state index in [1.54, 1.807) is 6.92 Å². The highest BCUT2D eigenvalue weighted by Crippen LogP contribution is 2.58. The highest BCUT2D eigenvalue weighted by Gasteiger charge is 2.53. The molecular formula is C35H46FN3O5. The molecule has 1 amide bonds. The number of rotatable bonds is 9. The van der Waals surface area contributed by atoms with Crippen LogP contribution >= 0.6 is 0 Å². The summed E-state index contributed by atoms with van der Waals surface area (Å²) in [4.78, 5) is 32.8. The van der Waals surface area contributed by atoms with Crippen LogP contribution in [0.3, 0.4) is 0 Å². The molecule has 1 atom stereocenters. The first-order valence-electron chi connectivity index (χ1n) is 16.4. The summed E-state index contributed by atoms with van der Waals surface area (Å²) in [6.07, 6.45) is 10.7. The van der Waals surface area contributed by atoms with Gasteiger partial charge in [0.25, 0.3) is 5.89 Å². The zero-order valence-corrected chi connectivity index (χ0v) is 26.5. The van der Waals surface area contributed by atoms with Gasteiger partial charge < -0.3 is 19.3 Å². The number of benzene rings is 1. The lowest BCUT2D eigenvalue weighted by molar-refractivity contribution is -0.148. The SMILES string of the molecule is CCOC(=O)C1CC=C(c2cccc(N(CC34CCC(c5noc(C(C)(C)F)n5)(CC3)CC4)C(=O)[C@H]3C[C@@](C)(O)C3)c2)CC1. The second kappa shape index (κ2) is 11.4. The van der Waals surface area contributed by atoms with Gasteiger partial charge in [-0.15, -0.1) is 0 Å². The molecule has 5 aliphatic rings. The minimum Gasteiger partial charge on any atom is -0.466 e. The lowest BCUT2D eigenvalue weighted by atomic mass is 9.53. The second-order valence-corrected chi connectivity index (χ2v) is 14.7. The largest absolute Gasteiger partial charge is 0.466 e. The summed E-state index contributed by atoms with van der Waals surface area (Å²) in [5.41, 5.74) is 0.468. The fourth-order valence-corrected chi connectivity index (χ4v) is 7.99. The van der Waals surface area contributed by atoms with Crippen molar-refractivity contribution in [2.45, 2.75) is 115 Å². The number of allylic oxidation sites excluding steroid dienone is 2. The fraction of sp³-hybridized carbons (Fsp3) is 0.657. The van der Waals surface area contributed by atoms with Crippen molar-refractivity contribution in [3.8, 4) is 0 Å². The van der Waals surface area contributed by atoms with Crippen LogP contribution in [0.15, 0.2) is 34.9 Å². The van der Waals surface area contributed by atoms with E-state index in [0.29, 0.717) is 38.2 Å². The van der Waals surface area contributed by atoms with Crippen LogP contribution in [0.1, 0.15) is 116 Å². The molecule has 1 N–H and O–H groups in total. The molecule has 2 bridgehead atoms. The summed E-state index contributed by atoms with van der Waals surface area (Å²) >= 11 is 0. The Kier molecular flexibility index (Phi) is 8.00. The number of alkyl halides is 1. The summed E-state index contributed by atoms with van der Waals surface area (Å²) in [6.45, 7) is 7.52. The van der Waals surface area contributed by atoms with Crippen LogP contribution in [-0.2, 0) is 25.4 Å². The Hall–Kier alpha value is -3.07. The van der Waals surface area contributed by atoms with E-state index >= 15 is 0 Å². The maximum absolute atomic E-state index is 14.5. The van der Waals surface area contributed by atoms with E-state index in [1.165, 1.54) is 19.4 Å². The molecule has 0 radical (unpaired) electrons. The average molecular weight is 608 g/mol. The molecule has 8 nitrogen and oxygen atoms in total. The summed E-state index contributed by atoms with van der Waals surface area (Å²) in [7, 11) is 0. The standard InChI is InChI=1S/C35H46FN3O5/c1-5-43-29(41)24-11-9-23(10-12-24)25-7-6-8-27(19-25)39(28(40)26-20-33(4,42)21-26)22-34-13-16-35(17-14-34,18-15-34)30-37-31(44-38-30)32(2,3)36/h6-9,19,24,26,42H,5,10-18,20-22H2,1-4H3/t24?,26-,33+,34?,35?. The van der Waals surface area contributed by atoms with Gasteiger partial charge in [-0.3, -0.25) is 9.59 Å². The van der Waals surface area contributed by atoms with E-state index in [-0.39, 0.29) is 40.4 Å². The van der Waals surface area contributed by atoms with E-state index in [0.717, 1.165) is 62.6 Å². The number of carbonyl (C=O) groups excluding carboxylic acids is 2. The molecule has 0 saturated heterocycles. The highest BCUT2D eigenvalue weighted by molar-refractivity contribution is 5.96. The van der Waals surface area contributed by atoms with Crippen molar-refractivity contribution in [3.05, 3.63) is 47.6 Å². The van der Waals surface area contributed by atoms with Gasteiger partial charge in [-0.05, 0) is 127 Å². The average Bonchev–Trinajstić information content (AvgIpc) is 3.52. The molecule has 7 rings (SSSR count). The predicted molar refractivity (Wildman–Crippen MR) is 164 cm³/mol. The van der Waals surface area contributed by atoms with Crippen LogP contribution in [0.4, 0.5) is 10.1 Å². The topological polar surface area (TPSA) is 106 Å². The molecule has 0 aliphatic heterocycles. The smallest absolute Gasteiger partial charge is 0.309 e. The molecule has 9 heteroatoms. The third kappa shape index (κ3) is 5.96. The quantitative estimate of drug-likeness (QED) is 0.312. The molecule has 1 unspecified atom stereocenters.